The van der Waals surface area contributed by atoms with E-state index in [1.54, 1.807) is 0 Å². The van der Waals surface area contributed by atoms with Gasteiger partial charge in [0.25, 0.3) is 0 Å². The van der Waals surface area contributed by atoms with Gasteiger partial charge in [0, 0.05) is 44.8 Å². The van der Waals surface area contributed by atoms with Gasteiger partial charge in [-0.05, 0) is 33.7 Å². The van der Waals surface area contributed by atoms with Crippen LogP contribution in [0.4, 0.5) is 0 Å². The molecule has 1 aliphatic heterocycles. The molecule has 0 aromatic carbocycles. The van der Waals surface area contributed by atoms with E-state index in [-0.39, 0.29) is 0 Å². The average Bonchev–Trinajstić information content (AvgIpc) is 2.38. The van der Waals surface area contributed by atoms with E-state index in [2.05, 4.69) is 42.8 Å². The third kappa shape index (κ3) is 5.68. The van der Waals surface area contributed by atoms with Gasteiger partial charge in [-0.3, -0.25) is 9.80 Å². The number of rotatable bonds is 8. The van der Waals surface area contributed by atoms with Gasteiger partial charge in [-0.1, -0.05) is 19.8 Å². The highest BCUT2D eigenvalue weighted by Gasteiger charge is 2.21. The van der Waals surface area contributed by atoms with Crippen LogP contribution in [0.5, 0.6) is 0 Å². The van der Waals surface area contributed by atoms with Crippen molar-refractivity contribution in [1.82, 2.24) is 15.1 Å². The van der Waals surface area contributed by atoms with Gasteiger partial charge in [0.2, 0.25) is 0 Å². The molecule has 0 aromatic rings. The number of piperazine rings is 1. The lowest BCUT2D eigenvalue weighted by molar-refractivity contribution is 0.0831. The standard InChI is InChI=1S/C15H33N3/c1-5-6-7-8-16-13-15(4)18-11-9-17(10-12-18)14(2)3/h14-16H,5-13H2,1-4H3. The van der Waals surface area contributed by atoms with Gasteiger partial charge in [0.15, 0.2) is 0 Å². The topological polar surface area (TPSA) is 18.5 Å². The van der Waals surface area contributed by atoms with Crippen molar-refractivity contribution in [3.63, 3.8) is 0 Å². The Morgan fingerprint density at radius 2 is 1.56 bits per heavy atom. The first kappa shape index (κ1) is 15.9. The molecule has 0 aliphatic carbocycles. The SMILES string of the molecule is CCCCCNCC(C)N1CCN(C(C)C)CC1. The van der Waals surface area contributed by atoms with Crippen molar-refractivity contribution in [2.45, 2.75) is 59.0 Å². The molecule has 3 nitrogen and oxygen atoms in total. The zero-order valence-corrected chi connectivity index (χ0v) is 12.9. The highest BCUT2D eigenvalue weighted by molar-refractivity contribution is 4.78. The van der Waals surface area contributed by atoms with Crippen molar-refractivity contribution in [3.8, 4) is 0 Å². The summed E-state index contributed by atoms with van der Waals surface area (Å²) in [6.45, 7) is 16.5. The Morgan fingerprint density at radius 3 is 2.11 bits per heavy atom. The number of nitrogens with zero attached hydrogens (tertiary/aromatic N) is 2. The Balaban J connectivity index is 2.10. The van der Waals surface area contributed by atoms with Crippen LogP contribution in [0.2, 0.25) is 0 Å². The van der Waals surface area contributed by atoms with Crippen LogP contribution in [0.3, 0.4) is 0 Å². The van der Waals surface area contributed by atoms with Crippen molar-refractivity contribution in [3.05, 3.63) is 0 Å². The van der Waals surface area contributed by atoms with Crippen LogP contribution in [-0.2, 0) is 0 Å². The van der Waals surface area contributed by atoms with Gasteiger partial charge in [-0.25, -0.2) is 0 Å². The van der Waals surface area contributed by atoms with Crippen molar-refractivity contribution in [1.29, 1.82) is 0 Å². The minimum Gasteiger partial charge on any atom is -0.315 e. The third-order valence-electron chi connectivity index (χ3n) is 4.10. The fourth-order valence-electron chi connectivity index (χ4n) is 2.63. The van der Waals surface area contributed by atoms with Crippen molar-refractivity contribution < 1.29 is 0 Å². The van der Waals surface area contributed by atoms with Gasteiger partial charge in [0.05, 0.1) is 0 Å². The average molecular weight is 255 g/mol. The summed E-state index contributed by atoms with van der Waals surface area (Å²) in [7, 11) is 0. The maximum absolute atomic E-state index is 3.60. The summed E-state index contributed by atoms with van der Waals surface area (Å²) in [5, 5.41) is 3.60. The fourth-order valence-corrected chi connectivity index (χ4v) is 2.63. The Hall–Kier alpha value is -0.120. The van der Waals surface area contributed by atoms with Crippen LogP contribution in [0.25, 0.3) is 0 Å². The molecule has 1 heterocycles. The van der Waals surface area contributed by atoms with Gasteiger partial charge >= 0.3 is 0 Å². The lowest BCUT2D eigenvalue weighted by atomic mass is 10.2. The number of hydrogen-bond donors (Lipinski definition) is 1. The van der Waals surface area contributed by atoms with E-state index in [0.29, 0.717) is 12.1 Å². The Morgan fingerprint density at radius 1 is 0.944 bits per heavy atom. The smallest absolute Gasteiger partial charge is 0.0193 e. The second-order valence-electron chi connectivity index (χ2n) is 5.93. The number of nitrogens with one attached hydrogen (secondary N) is 1. The first-order chi connectivity index (χ1) is 8.65. The minimum atomic E-state index is 0.681. The molecule has 1 saturated heterocycles. The summed E-state index contributed by atoms with van der Waals surface area (Å²) in [4.78, 5) is 5.21. The molecule has 1 fully saturated rings. The Kier molecular flexibility index (Phi) is 7.87. The Labute approximate surface area is 114 Å². The summed E-state index contributed by atoms with van der Waals surface area (Å²) in [6, 6.07) is 1.38. The van der Waals surface area contributed by atoms with Crippen molar-refractivity contribution >= 4 is 0 Å². The molecule has 1 aliphatic rings. The van der Waals surface area contributed by atoms with Crippen molar-refractivity contribution in [2.24, 2.45) is 0 Å². The van der Waals surface area contributed by atoms with E-state index in [1.807, 2.05) is 0 Å². The van der Waals surface area contributed by atoms with E-state index >= 15 is 0 Å². The highest BCUT2D eigenvalue weighted by Crippen LogP contribution is 2.08. The van der Waals surface area contributed by atoms with Crippen LogP contribution in [-0.4, -0.2) is 61.2 Å². The molecule has 0 amide bonds. The number of hydrogen-bond acceptors (Lipinski definition) is 3. The maximum Gasteiger partial charge on any atom is 0.0193 e. The van der Waals surface area contributed by atoms with Gasteiger partial charge in [0.1, 0.15) is 0 Å². The molecule has 1 unspecified atom stereocenters. The molecule has 0 aromatic heterocycles. The molecule has 0 spiro atoms. The quantitative estimate of drug-likeness (QED) is 0.671. The predicted molar refractivity (Wildman–Crippen MR) is 80.1 cm³/mol. The van der Waals surface area contributed by atoms with E-state index in [4.69, 9.17) is 0 Å². The second kappa shape index (κ2) is 8.89. The van der Waals surface area contributed by atoms with Crippen LogP contribution >= 0.6 is 0 Å². The minimum absolute atomic E-state index is 0.681. The second-order valence-corrected chi connectivity index (χ2v) is 5.93. The normalized spacial score (nSPS) is 20.5. The first-order valence-corrected chi connectivity index (χ1v) is 7.84. The molecule has 1 rings (SSSR count). The van der Waals surface area contributed by atoms with Gasteiger partial charge in [-0.15, -0.1) is 0 Å². The molecule has 1 atom stereocenters. The molecular weight excluding hydrogens is 222 g/mol. The summed E-state index contributed by atoms with van der Waals surface area (Å²) in [5.41, 5.74) is 0. The zero-order valence-electron chi connectivity index (χ0n) is 12.9. The largest absolute Gasteiger partial charge is 0.315 e. The molecule has 0 radical (unpaired) electrons. The first-order valence-electron chi connectivity index (χ1n) is 7.84. The maximum atomic E-state index is 3.60. The molecule has 1 N–H and O–H groups in total. The van der Waals surface area contributed by atoms with Crippen LogP contribution in [0.1, 0.15) is 47.0 Å². The molecule has 3 heteroatoms. The number of unbranched alkanes of at least 4 members (excludes halogenated alkanes) is 2. The molecule has 0 saturated carbocycles. The third-order valence-corrected chi connectivity index (χ3v) is 4.10. The summed E-state index contributed by atoms with van der Waals surface area (Å²) >= 11 is 0. The fraction of sp³-hybridized carbons (Fsp3) is 1.00. The van der Waals surface area contributed by atoms with Gasteiger partial charge < -0.3 is 5.32 Å². The van der Waals surface area contributed by atoms with Crippen LogP contribution in [0.15, 0.2) is 0 Å². The summed E-state index contributed by atoms with van der Waals surface area (Å²) < 4.78 is 0. The van der Waals surface area contributed by atoms with E-state index in [9.17, 15) is 0 Å². The van der Waals surface area contributed by atoms with Crippen LogP contribution in [0, 0.1) is 0 Å². The highest BCUT2D eigenvalue weighted by atomic mass is 15.3. The van der Waals surface area contributed by atoms with Crippen molar-refractivity contribution in [2.75, 3.05) is 39.3 Å². The molecular formula is C15H33N3. The lowest BCUT2D eigenvalue weighted by Crippen LogP contribution is -2.53. The molecule has 18 heavy (non-hydrogen) atoms. The lowest BCUT2D eigenvalue weighted by Gasteiger charge is -2.39. The van der Waals surface area contributed by atoms with Gasteiger partial charge in [-0.2, -0.15) is 0 Å². The predicted octanol–water partition coefficient (Wildman–Crippen LogP) is 2.18. The van der Waals surface area contributed by atoms with E-state index < -0.39 is 0 Å². The summed E-state index contributed by atoms with van der Waals surface area (Å²) in [6.07, 6.45) is 3.99. The van der Waals surface area contributed by atoms with Crippen LogP contribution < -0.4 is 5.32 Å². The van der Waals surface area contributed by atoms with E-state index in [0.717, 1.165) is 6.54 Å². The summed E-state index contributed by atoms with van der Waals surface area (Å²) in [5.74, 6) is 0. The van der Waals surface area contributed by atoms with E-state index in [1.165, 1.54) is 52.0 Å². The monoisotopic (exact) mass is 255 g/mol. The molecule has 108 valence electrons. The Bertz CT molecular complexity index is 198. The zero-order chi connectivity index (χ0) is 13.4. The molecule has 0 bridgehead atoms.